The zero-order valence-electron chi connectivity index (χ0n) is 20.2. The Morgan fingerprint density at radius 3 is 2.74 bits per heavy atom. The number of rotatable bonds is 7. The van der Waals surface area contributed by atoms with Crippen LogP contribution in [0.25, 0.3) is 0 Å². The Balaban J connectivity index is 1.48. The summed E-state index contributed by atoms with van der Waals surface area (Å²) in [6, 6.07) is 7.79. The maximum atomic E-state index is 11.4. The van der Waals surface area contributed by atoms with Crippen molar-refractivity contribution >= 4 is 8.32 Å². The van der Waals surface area contributed by atoms with E-state index in [1.165, 1.54) is 36.8 Å². The molecule has 0 heterocycles. The van der Waals surface area contributed by atoms with Gasteiger partial charge in [0.15, 0.2) is 5.75 Å². The average Bonchev–Trinajstić information content (AvgIpc) is 3.01. The van der Waals surface area contributed by atoms with Crippen LogP contribution in [0, 0.1) is 17.3 Å². The van der Waals surface area contributed by atoms with E-state index in [9.17, 15) is 5.11 Å². The van der Waals surface area contributed by atoms with E-state index in [-0.39, 0.29) is 5.41 Å². The molecule has 31 heavy (non-hydrogen) atoms. The lowest BCUT2D eigenvalue weighted by molar-refractivity contribution is -0.113. The van der Waals surface area contributed by atoms with Crippen molar-refractivity contribution < 1.29 is 14.6 Å². The summed E-state index contributed by atoms with van der Waals surface area (Å²) >= 11 is 0. The summed E-state index contributed by atoms with van der Waals surface area (Å²) in [6.45, 7) is 11.1. The van der Waals surface area contributed by atoms with Crippen LogP contribution in [0.3, 0.4) is 0 Å². The fraction of sp³-hybridized carbons (Fsp3) is 0.704. The molecule has 0 saturated heterocycles. The van der Waals surface area contributed by atoms with E-state index in [0.717, 1.165) is 37.5 Å². The van der Waals surface area contributed by atoms with Crippen LogP contribution in [0.1, 0.15) is 82.8 Å². The summed E-state index contributed by atoms with van der Waals surface area (Å²) in [4.78, 5) is 5.83. The Hall–Kier alpha value is -1.10. The zero-order valence-corrected chi connectivity index (χ0v) is 21.2. The lowest BCUT2D eigenvalue weighted by Crippen LogP contribution is -2.49. The van der Waals surface area contributed by atoms with Crippen molar-refractivity contribution in [2.24, 2.45) is 17.3 Å². The Bertz CT molecular complexity index is 819. The van der Waals surface area contributed by atoms with Gasteiger partial charge in [-0.3, -0.25) is 0 Å². The van der Waals surface area contributed by atoms with Crippen LogP contribution in [0.2, 0.25) is 19.1 Å². The predicted molar refractivity (Wildman–Crippen MR) is 130 cm³/mol. The molecule has 1 aromatic carbocycles. The molecule has 1 N–H and O–H groups in total. The van der Waals surface area contributed by atoms with Crippen LogP contribution in [0.15, 0.2) is 30.4 Å². The first kappa shape index (κ1) is 23.1. The molecule has 5 atom stereocenters. The fourth-order valence-corrected chi connectivity index (χ4v) is 8.63. The van der Waals surface area contributed by atoms with E-state index < -0.39 is 13.9 Å². The van der Waals surface area contributed by atoms with Crippen LogP contribution >= 0.6 is 0 Å². The van der Waals surface area contributed by atoms with Crippen LogP contribution < -0.4 is 4.89 Å². The molecule has 3 aliphatic carbocycles. The monoisotopic (exact) mass is 442 g/mol. The van der Waals surface area contributed by atoms with Crippen molar-refractivity contribution in [1.29, 1.82) is 0 Å². The number of hydrogen-bond acceptors (Lipinski definition) is 3. The van der Waals surface area contributed by atoms with Crippen molar-refractivity contribution in [3.05, 3.63) is 41.5 Å². The van der Waals surface area contributed by atoms with E-state index in [2.05, 4.69) is 51.2 Å². The van der Waals surface area contributed by atoms with Gasteiger partial charge in [-0.25, -0.2) is 4.58 Å². The highest BCUT2D eigenvalue weighted by Crippen LogP contribution is 2.64. The number of aliphatic hydroxyl groups is 1. The van der Waals surface area contributed by atoms with Gasteiger partial charge in [-0.2, -0.15) is 0 Å². The molecular weight excluding hydrogens is 400 g/mol. The Morgan fingerprint density at radius 2 is 2.00 bits per heavy atom. The molecule has 0 aromatic heterocycles. The second-order valence-corrected chi connectivity index (χ2v) is 15.4. The van der Waals surface area contributed by atoms with Gasteiger partial charge in [0.1, 0.15) is 0 Å². The van der Waals surface area contributed by atoms with Crippen molar-refractivity contribution in [1.82, 2.24) is 0 Å². The van der Waals surface area contributed by atoms with Gasteiger partial charge in [0, 0.05) is 5.41 Å². The van der Waals surface area contributed by atoms with Gasteiger partial charge < -0.3 is 9.99 Å². The first-order valence-corrected chi connectivity index (χ1v) is 15.7. The Kier molecular flexibility index (Phi) is 6.46. The molecule has 4 rings (SSSR count). The second-order valence-electron chi connectivity index (χ2n) is 11.2. The minimum Gasteiger partial charge on any atom is -0.385 e. The quantitative estimate of drug-likeness (QED) is 0.211. The molecule has 0 spiro atoms. The lowest BCUT2D eigenvalue weighted by atomic mass is 9.53. The van der Waals surface area contributed by atoms with Gasteiger partial charge in [-0.15, -0.1) is 0 Å². The third kappa shape index (κ3) is 4.16. The molecule has 0 amide bonds. The second kappa shape index (κ2) is 8.68. The molecule has 0 bridgehead atoms. The van der Waals surface area contributed by atoms with Crippen LogP contribution in [-0.2, 0) is 11.0 Å². The summed E-state index contributed by atoms with van der Waals surface area (Å²) in [5.41, 5.74) is 2.36. The highest BCUT2D eigenvalue weighted by atomic mass is 28.4. The van der Waals surface area contributed by atoms with Crippen molar-refractivity contribution in [2.45, 2.75) is 103 Å². The third-order valence-corrected chi connectivity index (χ3v) is 10.9. The van der Waals surface area contributed by atoms with Gasteiger partial charge >= 0.3 is 0 Å². The standard InChI is InChI=1S/C27H42O3Si/c1-6-8-18-31(4,5)30-29-21-10-12-22-20(19-21)9-11-24-23(22)13-16-26(3)25(24)14-17-27(26,28)15-7-2/h7,10,12,15,19,23-25,28H,6,8-9,11,13-14,16-18H2,1-5H3/t23-,24-,25+,26+,27+/m1/s1. The molecule has 4 heteroatoms. The van der Waals surface area contributed by atoms with E-state index in [0.29, 0.717) is 17.8 Å². The highest BCUT2D eigenvalue weighted by Gasteiger charge is 2.60. The maximum absolute atomic E-state index is 11.4. The summed E-state index contributed by atoms with van der Waals surface area (Å²) in [5.74, 6) is 2.79. The van der Waals surface area contributed by atoms with Gasteiger partial charge in [0.2, 0.25) is 8.32 Å². The van der Waals surface area contributed by atoms with Crippen LogP contribution in [0.4, 0.5) is 0 Å². The summed E-state index contributed by atoms with van der Waals surface area (Å²) in [5, 5.41) is 11.4. The average molecular weight is 443 g/mol. The first-order chi connectivity index (χ1) is 14.7. The van der Waals surface area contributed by atoms with Crippen molar-refractivity contribution in [2.75, 3.05) is 0 Å². The first-order valence-electron chi connectivity index (χ1n) is 12.6. The zero-order chi connectivity index (χ0) is 22.3. The molecule has 0 aliphatic heterocycles. The number of benzene rings is 1. The minimum atomic E-state index is -1.77. The molecule has 1 aromatic rings. The molecule has 172 valence electrons. The molecule has 2 fully saturated rings. The molecule has 2 saturated carbocycles. The largest absolute Gasteiger partial charge is 0.385 e. The normalized spacial score (nSPS) is 35.0. The summed E-state index contributed by atoms with van der Waals surface area (Å²) in [7, 11) is -1.77. The number of fused-ring (bicyclic) bond motifs is 5. The summed E-state index contributed by atoms with van der Waals surface area (Å²) < 4.78 is 5.94. The van der Waals surface area contributed by atoms with E-state index in [1.54, 1.807) is 0 Å². The number of unbranched alkanes of at least 4 members (excludes halogenated alkanes) is 1. The topological polar surface area (TPSA) is 38.7 Å². The van der Waals surface area contributed by atoms with Gasteiger partial charge in [0.25, 0.3) is 0 Å². The van der Waals surface area contributed by atoms with Crippen molar-refractivity contribution in [3.63, 3.8) is 0 Å². The van der Waals surface area contributed by atoms with Gasteiger partial charge in [0.05, 0.1) is 5.60 Å². The highest BCUT2D eigenvalue weighted by molar-refractivity contribution is 6.70. The Labute approximate surface area is 190 Å². The van der Waals surface area contributed by atoms with Crippen LogP contribution in [0.5, 0.6) is 5.75 Å². The predicted octanol–water partition coefficient (Wildman–Crippen LogP) is 7.17. The number of aryl methyl sites for hydroxylation is 1. The maximum Gasteiger partial charge on any atom is 0.248 e. The molecule has 0 unspecified atom stereocenters. The number of hydrogen-bond donors (Lipinski definition) is 1. The number of allylic oxidation sites excluding steroid dienone is 1. The smallest absolute Gasteiger partial charge is 0.248 e. The molecule has 3 aliphatic rings. The van der Waals surface area contributed by atoms with E-state index in [4.69, 9.17) is 9.46 Å². The molecule has 3 nitrogen and oxygen atoms in total. The SMILES string of the molecule is CC=C[C@]1(O)CC[C@H]2[C@@H]3CCc4cc(OO[Si](C)(C)CCCC)ccc4[C@H]3CC[C@@]21C. The molecule has 0 radical (unpaired) electrons. The van der Waals surface area contributed by atoms with Crippen molar-refractivity contribution in [3.8, 4) is 5.75 Å². The van der Waals surface area contributed by atoms with Crippen LogP contribution in [-0.4, -0.2) is 19.0 Å². The lowest BCUT2D eigenvalue weighted by Gasteiger charge is -2.52. The summed E-state index contributed by atoms with van der Waals surface area (Å²) in [6.07, 6.45) is 13.2. The minimum absolute atomic E-state index is 0.0176. The third-order valence-electron chi connectivity index (χ3n) is 8.85. The molecular formula is C27H42O3Si. The van der Waals surface area contributed by atoms with Gasteiger partial charge in [-0.05, 0) is 106 Å². The Morgan fingerprint density at radius 1 is 1.19 bits per heavy atom. The fourth-order valence-electron chi connectivity index (χ4n) is 7.02. The van der Waals surface area contributed by atoms with E-state index in [1.807, 2.05) is 13.0 Å². The van der Waals surface area contributed by atoms with E-state index >= 15 is 0 Å². The van der Waals surface area contributed by atoms with Gasteiger partial charge in [-0.1, -0.05) is 44.9 Å².